The maximum atomic E-state index is 12.1. The van der Waals surface area contributed by atoms with Gasteiger partial charge in [-0.25, -0.2) is 9.78 Å². The van der Waals surface area contributed by atoms with Gasteiger partial charge >= 0.3 is 5.97 Å². The first kappa shape index (κ1) is 16.4. The van der Waals surface area contributed by atoms with Crippen LogP contribution in [0.25, 0.3) is 0 Å². The Hall–Kier alpha value is -1.43. The number of aromatic nitrogens is 1. The molecular weight excluding hydrogens is 312 g/mol. The van der Waals surface area contributed by atoms with Crippen molar-refractivity contribution in [2.24, 2.45) is 11.8 Å². The highest BCUT2D eigenvalue weighted by atomic mass is 32.1. The minimum absolute atomic E-state index is 0.103. The first-order chi connectivity index (χ1) is 11.0. The SMILES string of the molecule is CC1CCC(c2nc(CC(=O)N[C@H](C(=O)O)C3CC3)cs2)CC1. The number of aliphatic carboxylic acids is 1. The smallest absolute Gasteiger partial charge is 0.326 e. The second-order valence-corrected chi connectivity index (χ2v) is 7.92. The van der Waals surface area contributed by atoms with Crippen molar-refractivity contribution in [1.82, 2.24) is 10.3 Å². The van der Waals surface area contributed by atoms with Crippen LogP contribution in [0.3, 0.4) is 0 Å². The summed E-state index contributed by atoms with van der Waals surface area (Å²) in [6.07, 6.45) is 6.82. The lowest BCUT2D eigenvalue weighted by molar-refractivity contribution is -0.142. The zero-order valence-corrected chi connectivity index (χ0v) is 14.3. The third-order valence-electron chi connectivity index (χ3n) is 4.95. The van der Waals surface area contributed by atoms with Gasteiger partial charge in [-0.3, -0.25) is 4.79 Å². The molecule has 0 radical (unpaired) electrons. The van der Waals surface area contributed by atoms with E-state index in [1.165, 1.54) is 25.7 Å². The molecule has 0 spiro atoms. The van der Waals surface area contributed by atoms with E-state index in [0.717, 1.165) is 29.5 Å². The molecule has 1 heterocycles. The number of nitrogens with zero attached hydrogens (tertiary/aromatic N) is 1. The van der Waals surface area contributed by atoms with Gasteiger partial charge in [0.1, 0.15) is 6.04 Å². The second-order valence-electron chi connectivity index (χ2n) is 7.03. The van der Waals surface area contributed by atoms with Crippen molar-refractivity contribution in [2.75, 3.05) is 0 Å². The van der Waals surface area contributed by atoms with Gasteiger partial charge in [-0.05, 0) is 37.5 Å². The molecule has 0 aliphatic heterocycles. The summed E-state index contributed by atoms with van der Waals surface area (Å²) in [6.45, 7) is 2.30. The Morgan fingerprint density at radius 1 is 1.30 bits per heavy atom. The van der Waals surface area contributed by atoms with E-state index in [4.69, 9.17) is 5.11 Å². The number of hydrogen-bond acceptors (Lipinski definition) is 4. The summed E-state index contributed by atoms with van der Waals surface area (Å²) in [5.41, 5.74) is 0.765. The second kappa shape index (κ2) is 6.99. The number of carbonyl (C=O) groups is 2. The van der Waals surface area contributed by atoms with E-state index in [0.29, 0.717) is 5.92 Å². The molecule has 0 unspecified atom stereocenters. The van der Waals surface area contributed by atoms with Gasteiger partial charge in [0.15, 0.2) is 0 Å². The third kappa shape index (κ3) is 4.31. The van der Waals surface area contributed by atoms with Crippen molar-refractivity contribution in [3.63, 3.8) is 0 Å². The minimum atomic E-state index is -0.934. The predicted molar refractivity (Wildman–Crippen MR) is 88.5 cm³/mol. The molecule has 2 N–H and O–H groups in total. The third-order valence-corrected chi connectivity index (χ3v) is 6.01. The summed E-state index contributed by atoms with van der Waals surface area (Å²) < 4.78 is 0. The Bertz CT molecular complexity index is 574. The number of hydrogen-bond donors (Lipinski definition) is 2. The molecule has 0 saturated heterocycles. The van der Waals surface area contributed by atoms with Gasteiger partial charge in [0, 0.05) is 11.3 Å². The van der Waals surface area contributed by atoms with Crippen molar-refractivity contribution >= 4 is 23.2 Å². The van der Waals surface area contributed by atoms with Gasteiger partial charge in [0.2, 0.25) is 5.91 Å². The van der Waals surface area contributed by atoms with Crippen molar-refractivity contribution < 1.29 is 14.7 Å². The van der Waals surface area contributed by atoms with Crippen LogP contribution >= 0.6 is 11.3 Å². The molecule has 2 fully saturated rings. The first-order valence-electron chi connectivity index (χ1n) is 8.49. The van der Waals surface area contributed by atoms with E-state index < -0.39 is 12.0 Å². The molecule has 1 amide bonds. The molecule has 0 aromatic carbocycles. The largest absolute Gasteiger partial charge is 0.480 e. The topological polar surface area (TPSA) is 79.3 Å². The van der Waals surface area contributed by atoms with Crippen LogP contribution in [0, 0.1) is 11.8 Å². The average molecular weight is 336 g/mol. The van der Waals surface area contributed by atoms with Gasteiger partial charge < -0.3 is 10.4 Å². The van der Waals surface area contributed by atoms with Gasteiger partial charge in [-0.2, -0.15) is 0 Å². The van der Waals surface area contributed by atoms with Gasteiger partial charge in [-0.15, -0.1) is 11.3 Å². The number of rotatable bonds is 6. The number of carboxylic acid groups (broad SMARTS) is 1. The maximum absolute atomic E-state index is 12.1. The highest BCUT2D eigenvalue weighted by Gasteiger charge is 2.37. The Morgan fingerprint density at radius 2 is 2.00 bits per heavy atom. The van der Waals surface area contributed by atoms with Crippen LogP contribution in [0.5, 0.6) is 0 Å². The monoisotopic (exact) mass is 336 g/mol. The Labute approximate surface area is 140 Å². The van der Waals surface area contributed by atoms with E-state index in [2.05, 4.69) is 17.2 Å². The molecule has 1 aromatic heterocycles. The zero-order chi connectivity index (χ0) is 16.4. The molecular formula is C17H24N2O3S. The maximum Gasteiger partial charge on any atom is 0.326 e. The Morgan fingerprint density at radius 3 is 2.61 bits per heavy atom. The minimum Gasteiger partial charge on any atom is -0.480 e. The summed E-state index contributed by atoms with van der Waals surface area (Å²) in [5.74, 6) is 0.277. The molecule has 23 heavy (non-hydrogen) atoms. The Kier molecular flexibility index (Phi) is 4.99. The number of nitrogens with one attached hydrogen (secondary N) is 1. The standard InChI is InChI=1S/C17H24N2O3S/c1-10-2-4-12(5-3-10)16-18-13(9-23-16)8-14(20)19-15(17(21)22)11-6-7-11/h9-12,15H,2-8H2,1H3,(H,19,20)(H,21,22)/t10?,12?,15-/m0/s1. The lowest BCUT2D eigenvalue weighted by Gasteiger charge is -2.24. The van der Waals surface area contributed by atoms with Gasteiger partial charge in [-0.1, -0.05) is 19.8 Å². The lowest BCUT2D eigenvalue weighted by Crippen LogP contribution is -2.43. The van der Waals surface area contributed by atoms with Crippen LogP contribution in [-0.2, 0) is 16.0 Å². The quantitative estimate of drug-likeness (QED) is 0.837. The molecule has 2 aliphatic carbocycles. The van der Waals surface area contributed by atoms with Crippen molar-refractivity contribution in [3.05, 3.63) is 16.1 Å². The summed E-state index contributed by atoms with van der Waals surface area (Å²) in [6, 6.07) is -0.736. The fraction of sp³-hybridized carbons (Fsp3) is 0.706. The fourth-order valence-electron chi connectivity index (χ4n) is 3.30. The van der Waals surface area contributed by atoms with Crippen molar-refractivity contribution in [3.8, 4) is 0 Å². The molecule has 2 aliphatic rings. The number of amides is 1. The highest BCUT2D eigenvalue weighted by Crippen LogP contribution is 2.37. The van der Waals surface area contributed by atoms with Crippen LogP contribution in [0.1, 0.15) is 62.1 Å². The number of carboxylic acids is 1. The molecule has 1 aromatic rings. The molecule has 0 bridgehead atoms. The molecule has 126 valence electrons. The summed E-state index contributed by atoms with van der Waals surface area (Å²) in [5, 5.41) is 14.9. The molecule has 5 nitrogen and oxygen atoms in total. The zero-order valence-electron chi connectivity index (χ0n) is 13.5. The van der Waals surface area contributed by atoms with Crippen LogP contribution in [0.2, 0.25) is 0 Å². The molecule has 2 saturated carbocycles. The van der Waals surface area contributed by atoms with E-state index >= 15 is 0 Å². The lowest BCUT2D eigenvalue weighted by atomic mass is 9.83. The predicted octanol–water partition coefficient (Wildman–Crippen LogP) is 2.96. The highest BCUT2D eigenvalue weighted by molar-refractivity contribution is 7.09. The van der Waals surface area contributed by atoms with Crippen LogP contribution in [-0.4, -0.2) is 28.0 Å². The first-order valence-corrected chi connectivity index (χ1v) is 9.37. The van der Waals surface area contributed by atoms with E-state index in [1.54, 1.807) is 11.3 Å². The summed E-state index contributed by atoms with van der Waals surface area (Å²) in [4.78, 5) is 27.9. The summed E-state index contributed by atoms with van der Waals surface area (Å²) >= 11 is 1.64. The van der Waals surface area contributed by atoms with Gasteiger partial charge in [0.05, 0.1) is 17.1 Å². The fourth-order valence-corrected chi connectivity index (χ4v) is 4.29. The van der Waals surface area contributed by atoms with E-state index in [9.17, 15) is 9.59 Å². The van der Waals surface area contributed by atoms with E-state index in [1.807, 2.05) is 5.38 Å². The van der Waals surface area contributed by atoms with Crippen molar-refractivity contribution in [1.29, 1.82) is 0 Å². The molecule has 1 atom stereocenters. The van der Waals surface area contributed by atoms with Crippen molar-refractivity contribution in [2.45, 2.75) is 63.8 Å². The van der Waals surface area contributed by atoms with Crippen LogP contribution in [0.4, 0.5) is 0 Å². The Balaban J connectivity index is 1.54. The van der Waals surface area contributed by atoms with Crippen LogP contribution < -0.4 is 5.32 Å². The number of thiazole rings is 1. The summed E-state index contributed by atoms with van der Waals surface area (Å²) in [7, 11) is 0. The average Bonchev–Trinajstić information content (AvgIpc) is 3.25. The van der Waals surface area contributed by atoms with E-state index in [-0.39, 0.29) is 18.2 Å². The van der Waals surface area contributed by atoms with Crippen LogP contribution in [0.15, 0.2) is 5.38 Å². The van der Waals surface area contributed by atoms with Gasteiger partial charge in [0.25, 0.3) is 0 Å². The number of carbonyl (C=O) groups excluding carboxylic acids is 1. The molecule has 6 heteroatoms. The molecule has 3 rings (SSSR count). The normalized spacial score (nSPS) is 25.8.